The van der Waals surface area contributed by atoms with Crippen LogP contribution in [0.3, 0.4) is 0 Å². The van der Waals surface area contributed by atoms with Crippen molar-refractivity contribution in [3.8, 4) is 11.5 Å². The highest BCUT2D eigenvalue weighted by Crippen LogP contribution is 2.33. The number of piperidine rings is 1. The van der Waals surface area contributed by atoms with Crippen molar-refractivity contribution in [3.63, 3.8) is 0 Å². The molecule has 0 bridgehead atoms. The smallest absolute Gasteiger partial charge is 0.257 e. The highest BCUT2D eigenvalue weighted by molar-refractivity contribution is 5.97. The fourth-order valence-corrected chi connectivity index (χ4v) is 4.59. The summed E-state index contributed by atoms with van der Waals surface area (Å²) in [7, 11) is 3.46. The van der Waals surface area contributed by atoms with Gasteiger partial charge in [0, 0.05) is 58.7 Å². The minimum atomic E-state index is -0.0488. The number of carbonyl (C=O) groups is 2. The molecule has 3 fully saturated rings. The van der Waals surface area contributed by atoms with Gasteiger partial charge in [0.25, 0.3) is 5.91 Å². The largest absolute Gasteiger partial charge is 0.497 e. The maximum absolute atomic E-state index is 13.3. The number of methoxy groups -OCH3 is 1. The zero-order chi connectivity index (χ0) is 22.5. The van der Waals surface area contributed by atoms with Gasteiger partial charge in [0.15, 0.2) is 0 Å². The molecule has 1 aliphatic carbocycles. The molecule has 1 aromatic rings. The van der Waals surface area contributed by atoms with Gasteiger partial charge in [-0.2, -0.15) is 0 Å². The van der Waals surface area contributed by atoms with Gasteiger partial charge in [-0.3, -0.25) is 9.59 Å². The van der Waals surface area contributed by atoms with Crippen molar-refractivity contribution in [2.45, 2.75) is 51.0 Å². The summed E-state index contributed by atoms with van der Waals surface area (Å²) >= 11 is 0. The molecule has 0 spiro atoms. The molecule has 0 radical (unpaired) electrons. The molecule has 2 heterocycles. The van der Waals surface area contributed by atoms with Crippen LogP contribution >= 0.6 is 0 Å². The molecule has 0 atom stereocenters. The van der Waals surface area contributed by atoms with Crippen LogP contribution in [0.25, 0.3) is 0 Å². The maximum atomic E-state index is 13.3. The molecular formula is C25H36N2O5. The van der Waals surface area contributed by atoms with Crippen LogP contribution in [0.15, 0.2) is 18.2 Å². The van der Waals surface area contributed by atoms with E-state index in [4.69, 9.17) is 14.2 Å². The summed E-state index contributed by atoms with van der Waals surface area (Å²) in [6.07, 6.45) is 6.78. The number of nitrogens with zero attached hydrogens (tertiary/aromatic N) is 2. The minimum Gasteiger partial charge on any atom is -0.497 e. The molecule has 2 aliphatic heterocycles. The lowest BCUT2D eigenvalue weighted by Crippen LogP contribution is -2.42. The Kier molecular flexibility index (Phi) is 7.55. The quantitative estimate of drug-likeness (QED) is 0.615. The van der Waals surface area contributed by atoms with Gasteiger partial charge < -0.3 is 24.0 Å². The van der Waals surface area contributed by atoms with Gasteiger partial charge in [0.2, 0.25) is 5.91 Å². The number of rotatable bonds is 8. The fraction of sp³-hybridized carbons (Fsp3) is 0.680. The van der Waals surface area contributed by atoms with E-state index in [1.165, 1.54) is 0 Å². The Morgan fingerprint density at radius 3 is 2.47 bits per heavy atom. The number of amides is 2. The second-order valence-electron chi connectivity index (χ2n) is 9.35. The van der Waals surface area contributed by atoms with Gasteiger partial charge in [-0.05, 0) is 56.2 Å². The summed E-state index contributed by atoms with van der Waals surface area (Å²) < 4.78 is 17.1. The van der Waals surface area contributed by atoms with E-state index in [0.717, 1.165) is 71.2 Å². The molecule has 1 aromatic carbocycles. The molecular weight excluding hydrogens is 408 g/mol. The van der Waals surface area contributed by atoms with Crippen LogP contribution < -0.4 is 9.47 Å². The number of hydrogen-bond acceptors (Lipinski definition) is 5. The Morgan fingerprint density at radius 2 is 1.81 bits per heavy atom. The number of benzene rings is 1. The molecule has 0 N–H and O–H groups in total. The first-order valence-corrected chi connectivity index (χ1v) is 12.0. The Labute approximate surface area is 191 Å². The van der Waals surface area contributed by atoms with Crippen molar-refractivity contribution in [1.82, 2.24) is 9.80 Å². The van der Waals surface area contributed by atoms with Crippen LogP contribution in [0, 0.1) is 11.8 Å². The van der Waals surface area contributed by atoms with Gasteiger partial charge in [-0.1, -0.05) is 0 Å². The highest BCUT2D eigenvalue weighted by Gasteiger charge is 2.35. The second kappa shape index (κ2) is 10.6. The fourth-order valence-electron chi connectivity index (χ4n) is 4.59. The van der Waals surface area contributed by atoms with Crippen molar-refractivity contribution in [2.24, 2.45) is 11.8 Å². The van der Waals surface area contributed by atoms with E-state index in [-0.39, 0.29) is 17.9 Å². The van der Waals surface area contributed by atoms with Gasteiger partial charge in [-0.25, -0.2) is 0 Å². The Hall–Kier alpha value is -2.28. The van der Waals surface area contributed by atoms with Crippen LogP contribution in [-0.4, -0.2) is 74.7 Å². The van der Waals surface area contributed by atoms with Gasteiger partial charge in [0.1, 0.15) is 17.6 Å². The lowest BCUT2D eigenvalue weighted by Gasteiger charge is -2.33. The Bertz CT molecular complexity index is 796. The Morgan fingerprint density at radius 1 is 1.09 bits per heavy atom. The summed E-state index contributed by atoms with van der Waals surface area (Å²) in [5.41, 5.74) is 0.537. The van der Waals surface area contributed by atoms with E-state index in [1.807, 2.05) is 24.1 Å². The molecule has 3 aliphatic rings. The van der Waals surface area contributed by atoms with Crippen molar-refractivity contribution < 1.29 is 23.8 Å². The number of hydrogen-bond donors (Lipinski definition) is 0. The minimum absolute atomic E-state index is 0.00532. The molecule has 4 rings (SSSR count). The average Bonchev–Trinajstić information content (AvgIpc) is 3.68. The molecule has 1 saturated carbocycles. The van der Waals surface area contributed by atoms with Crippen molar-refractivity contribution in [3.05, 3.63) is 23.8 Å². The third kappa shape index (κ3) is 5.74. The highest BCUT2D eigenvalue weighted by atomic mass is 16.5. The van der Waals surface area contributed by atoms with Gasteiger partial charge >= 0.3 is 0 Å². The normalized spacial score (nSPS) is 20.1. The van der Waals surface area contributed by atoms with E-state index in [0.29, 0.717) is 35.4 Å². The van der Waals surface area contributed by atoms with E-state index < -0.39 is 0 Å². The number of carbonyl (C=O) groups excluding carboxylic acids is 2. The van der Waals surface area contributed by atoms with Crippen LogP contribution in [-0.2, 0) is 9.53 Å². The van der Waals surface area contributed by atoms with E-state index in [2.05, 4.69) is 0 Å². The van der Waals surface area contributed by atoms with Crippen molar-refractivity contribution in [1.29, 1.82) is 0 Å². The monoisotopic (exact) mass is 444 g/mol. The molecule has 32 heavy (non-hydrogen) atoms. The molecule has 176 valence electrons. The summed E-state index contributed by atoms with van der Waals surface area (Å²) in [6.45, 7) is 3.80. The first kappa shape index (κ1) is 22.9. The first-order valence-electron chi connectivity index (χ1n) is 12.0. The zero-order valence-electron chi connectivity index (χ0n) is 19.4. The molecule has 7 nitrogen and oxygen atoms in total. The summed E-state index contributed by atoms with van der Waals surface area (Å²) in [4.78, 5) is 29.3. The predicted molar refractivity (Wildman–Crippen MR) is 121 cm³/mol. The SMILES string of the molecule is COc1ccc(OC2CCN(C(=O)C3CC3)CC2)c(C(=O)N(C)CCC2CCOCC2)c1. The van der Waals surface area contributed by atoms with E-state index >= 15 is 0 Å². The van der Waals surface area contributed by atoms with Crippen molar-refractivity contribution in [2.75, 3.05) is 47.0 Å². The topological polar surface area (TPSA) is 68.3 Å². The molecule has 2 saturated heterocycles. The molecule has 7 heteroatoms. The maximum Gasteiger partial charge on any atom is 0.257 e. The Balaban J connectivity index is 1.37. The van der Waals surface area contributed by atoms with E-state index in [1.54, 1.807) is 18.1 Å². The predicted octanol–water partition coefficient (Wildman–Crippen LogP) is 3.36. The van der Waals surface area contributed by atoms with Crippen LogP contribution in [0.4, 0.5) is 0 Å². The second-order valence-corrected chi connectivity index (χ2v) is 9.35. The van der Waals surface area contributed by atoms with Gasteiger partial charge in [0.05, 0.1) is 12.7 Å². The summed E-state index contributed by atoms with van der Waals surface area (Å²) in [5, 5.41) is 0. The number of ether oxygens (including phenoxy) is 3. The zero-order valence-corrected chi connectivity index (χ0v) is 19.4. The molecule has 0 unspecified atom stereocenters. The van der Waals surface area contributed by atoms with E-state index in [9.17, 15) is 9.59 Å². The van der Waals surface area contributed by atoms with Crippen LogP contribution in [0.2, 0.25) is 0 Å². The van der Waals surface area contributed by atoms with Crippen LogP contribution in [0.1, 0.15) is 55.3 Å². The van der Waals surface area contributed by atoms with Crippen LogP contribution in [0.5, 0.6) is 11.5 Å². The molecule has 0 aromatic heterocycles. The summed E-state index contributed by atoms with van der Waals surface area (Å²) in [6, 6.07) is 5.44. The third-order valence-electron chi connectivity index (χ3n) is 6.95. The number of likely N-dealkylation sites (tertiary alicyclic amines) is 1. The average molecular weight is 445 g/mol. The van der Waals surface area contributed by atoms with Gasteiger partial charge in [-0.15, -0.1) is 0 Å². The first-order chi connectivity index (χ1) is 15.5. The molecule has 2 amide bonds. The summed E-state index contributed by atoms with van der Waals surface area (Å²) in [5.74, 6) is 2.37. The lowest BCUT2D eigenvalue weighted by molar-refractivity contribution is -0.134. The lowest BCUT2D eigenvalue weighted by atomic mass is 9.96. The van der Waals surface area contributed by atoms with Crippen molar-refractivity contribution >= 4 is 11.8 Å². The standard InChI is InChI=1S/C25H36N2O5/c1-26(12-7-18-10-15-31-16-11-18)25(29)22-17-21(30-2)5-6-23(22)32-20-8-13-27(14-9-20)24(28)19-3-4-19/h5-6,17-20H,3-4,7-16H2,1-2H3. The third-order valence-corrected chi connectivity index (χ3v) is 6.95.